The molecule has 0 aromatic heterocycles. The molecule has 122 valence electrons. The lowest BCUT2D eigenvalue weighted by atomic mass is 9.98. The minimum Gasteiger partial charge on any atom is -0.429 e. The van der Waals surface area contributed by atoms with Crippen LogP contribution in [-0.4, -0.2) is 6.47 Å². The van der Waals surface area contributed by atoms with Gasteiger partial charge in [0, 0.05) is 17.2 Å². The van der Waals surface area contributed by atoms with Crippen LogP contribution in [0.3, 0.4) is 0 Å². The Labute approximate surface area is 142 Å². The van der Waals surface area contributed by atoms with Crippen LogP contribution in [0.5, 0.6) is 5.75 Å². The predicted octanol–water partition coefficient (Wildman–Crippen LogP) is 4.71. The van der Waals surface area contributed by atoms with Gasteiger partial charge in [-0.05, 0) is 41.5 Å². The highest BCUT2D eigenvalue weighted by Crippen LogP contribution is 2.30. The van der Waals surface area contributed by atoms with E-state index in [0.717, 1.165) is 6.07 Å². The minimum atomic E-state index is -0.620. The number of rotatable bonds is 4. The number of carbonyl (C=O) groups excluding carboxylic acids is 1. The van der Waals surface area contributed by atoms with Crippen molar-refractivity contribution in [1.29, 1.82) is 5.26 Å². The summed E-state index contributed by atoms with van der Waals surface area (Å²) in [5.74, 6) is -1.05. The van der Waals surface area contributed by atoms with Gasteiger partial charge in [-0.2, -0.15) is 5.26 Å². The number of nitriles is 1. The van der Waals surface area contributed by atoms with Gasteiger partial charge in [0.15, 0.2) is 0 Å². The number of carbonyl (C=O) groups is 1. The number of hydrogen-bond acceptors (Lipinski definition) is 3. The summed E-state index contributed by atoms with van der Waals surface area (Å²) >= 11 is 0. The molecule has 5 heteroatoms. The third kappa shape index (κ3) is 3.38. The highest BCUT2D eigenvalue weighted by molar-refractivity contribution is 5.72. The summed E-state index contributed by atoms with van der Waals surface area (Å²) in [4.78, 5) is 10.3. The van der Waals surface area contributed by atoms with Gasteiger partial charge in [-0.25, -0.2) is 8.78 Å². The van der Waals surface area contributed by atoms with E-state index in [9.17, 15) is 13.6 Å². The van der Waals surface area contributed by atoms with Gasteiger partial charge in [0.25, 0.3) is 6.47 Å². The predicted molar refractivity (Wildman–Crippen MR) is 88.6 cm³/mol. The van der Waals surface area contributed by atoms with Crippen molar-refractivity contribution in [3.63, 3.8) is 0 Å². The normalized spacial score (nSPS) is 10.1. The van der Waals surface area contributed by atoms with Crippen molar-refractivity contribution in [2.75, 3.05) is 0 Å². The summed E-state index contributed by atoms with van der Waals surface area (Å²) < 4.78 is 33.2. The molecule has 0 atom stereocenters. The van der Waals surface area contributed by atoms with Crippen LogP contribution in [0.2, 0.25) is 0 Å². The van der Waals surface area contributed by atoms with Gasteiger partial charge in [-0.3, -0.25) is 4.79 Å². The zero-order chi connectivity index (χ0) is 17.8. The van der Waals surface area contributed by atoms with E-state index in [1.54, 1.807) is 36.4 Å². The van der Waals surface area contributed by atoms with Gasteiger partial charge in [-0.1, -0.05) is 24.3 Å². The van der Waals surface area contributed by atoms with Crippen molar-refractivity contribution >= 4 is 6.47 Å². The summed E-state index contributed by atoms with van der Waals surface area (Å²) in [7, 11) is 0. The molecular formula is C20H11F2NO2. The lowest BCUT2D eigenvalue weighted by molar-refractivity contribution is -0.120. The number of hydrogen-bond donors (Lipinski definition) is 0. The van der Waals surface area contributed by atoms with Gasteiger partial charge in [0.1, 0.15) is 17.4 Å². The SMILES string of the molecule is N#Cc1ccc(-c2ccc(-c3ccc(OC=O)cc3F)cc2F)cc1. The van der Waals surface area contributed by atoms with Crippen LogP contribution in [0.4, 0.5) is 8.78 Å². The molecule has 0 saturated heterocycles. The summed E-state index contributed by atoms with van der Waals surface area (Å²) in [6.07, 6.45) is 0. The van der Waals surface area contributed by atoms with Crippen LogP contribution in [0.15, 0.2) is 60.7 Å². The van der Waals surface area contributed by atoms with E-state index >= 15 is 0 Å². The van der Waals surface area contributed by atoms with E-state index < -0.39 is 11.6 Å². The van der Waals surface area contributed by atoms with Crippen molar-refractivity contribution < 1.29 is 18.3 Å². The zero-order valence-electron chi connectivity index (χ0n) is 12.9. The first-order valence-electron chi connectivity index (χ1n) is 7.32. The van der Waals surface area contributed by atoms with E-state index in [2.05, 4.69) is 4.74 Å². The van der Waals surface area contributed by atoms with Gasteiger partial charge in [0.2, 0.25) is 0 Å². The molecule has 3 rings (SSSR count). The fourth-order valence-electron chi connectivity index (χ4n) is 2.50. The Balaban J connectivity index is 1.96. The summed E-state index contributed by atoms with van der Waals surface area (Å²) in [6.45, 7) is 0.209. The molecule has 0 bridgehead atoms. The quantitative estimate of drug-likeness (QED) is 0.649. The zero-order valence-corrected chi connectivity index (χ0v) is 12.9. The largest absolute Gasteiger partial charge is 0.429 e. The summed E-state index contributed by atoms with van der Waals surface area (Å²) in [5, 5.41) is 8.81. The first kappa shape index (κ1) is 16.3. The van der Waals surface area contributed by atoms with E-state index in [-0.39, 0.29) is 17.8 Å². The van der Waals surface area contributed by atoms with Crippen LogP contribution in [0, 0.1) is 23.0 Å². The van der Waals surface area contributed by atoms with Crippen LogP contribution >= 0.6 is 0 Å². The molecule has 3 aromatic carbocycles. The summed E-state index contributed by atoms with van der Waals surface area (Å²) in [5.41, 5.74) is 2.03. The monoisotopic (exact) mass is 335 g/mol. The molecule has 0 fully saturated rings. The molecule has 0 aliphatic heterocycles. The van der Waals surface area contributed by atoms with Gasteiger partial charge in [0.05, 0.1) is 11.6 Å². The molecule has 25 heavy (non-hydrogen) atoms. The van der Waals surface area contributed by atoms with E-state index in [1.165, 1.54) is 18.2 Å². The van der Waals surface area contributed by atoms with Gasteiger partial charge < -0.3 is 4.74 Å². The summed E-state index contributed by atoms with van der Waals surface area (Å²) in [6, 6.07) is 16.8. The molecule has 3 aromatic rings. The first-order valence-corrected chi connectivity index (χ1v) is 7.32. The molecule has 0 aliphatic carbocycles. The molecule has 0 spiro atoms. The van der Waals surface area contributed by atoms with Crippen molar-refractivity contribution in [2.45, 2.75) is 0 Å². The molecule has 0 saturated carbocycles. The minimum absolute atomic E-state index is 0.0749. The van der Waals surface area contributed by atoms with E-state index in [0.29, 0.717) is 22.3 Å². The molecule has 0 N–H and O–H groups in total. The second-order valence-electron chi connectivity index (χ2n) is 5.24. The Bertz CT molecular complexity index is 976. The lowest BCUT2D eigenvalue weighted by Gasteiger charge is -2.09. The van der Waals surface area contributed by atoms with Gasteiger partial charge in [-0.15, -0.1) is 0 Å². The van der Waals surface area contributed by atoms with Crippen molar-refractivity contribution in [2.24, 2.45) is 0 Å². The van der Waals surface area contributed by atoms with Crippen LogP contribution in [0.25, 0.3) is 22.3 Å². The Morgan fingerprint density at radius 1 is 0.840 bits per heavy atom. The standard InChI is InChI=1S/C20H11F2NO2/c21-19-9-15(18-8-6-16(25-12-24)10-20(18)22)5-7-17(19)14-3-1-13(11-23)2-4-14/h1-10,12H. The topological polar surface area (TPSA) is 50.1 Å². The number of benzene rings is 3. The first-order chi connectivity index (χ1) is 12.1. The average Bonchev–Trinajstić information content (AvgIpc) is 2.62. The third-order valence-electron chi connectivity index (χ3n) is 3.73. The van der Waals surface area contributed by atoms with Crippen molar-refractivity contribution in [3.8, 4) is 34.1 Å². The maximum Gasteiger partial charge on any atom is 0.298 e. The molecule has 0 radical (unpaired) electrons. The molecule has 0 amide bonds. The molecule has 0 aliphatic rings. The molecular weight excluding hydrogens is 324 g/mol. The molecule has 3 nitrogen and oxygen atoms in total. The second kappa shape index (κ2) is 6.93. The third-order valence-corrected chi connectivity index (χ3v) is 3.73. The Kier molecular flexibility index (Phi) is 4.53. The Morgan fingerprint density at radius 3 is 2.04 bits per heavy atom. The van der Waals surface area contributed by atoms with Crippen LogP contribution < -0.4 is 4.74 Å². The smallest absolute Gasteiger partial charge is 0.298 e. The molecule has 0 heterocycles. The Hall–Kier alpha value is -3.52. The highest BCUT2D eigenvalue weighted by atomic mass is 19.1. The van der Waals surface area contributed by atoms with Gasteiger partial charge >= 0.3 is 0 Å². The number of nitrogens with zero attached hydrogens (tertiary/aromatic N) is 1. The van der Waals surface area contributed by atoms with Crippen molar-refractivity contribution in [1.82, 2.24) is 0 Å². The van der Waals surface area contributed by atoms with E-state index in [4.69, 9.17) is 5.26 Å². The lowest BCUT2D eigenvalue weighted by Crippen LogP contribution is -1.92. The number of halogens is 2. The van der Waals surface area contributed by atoms with Crippen LogP contribution in [0.1, 0.15) is 5.56 Å². The Morgan fingerprint density at radius 2 is 1.44 bits per heavy atom. The fourth-order valence-corrected chi connectivity index (χ4v) is 2.50. The molecule has 0 unspecified atom stereocenters. The number of ether oxygens (including phenoxy) is 1. The maximum atomic E-state index is 14.5. The fraction of sp³-hybridized carbons (Fsp3) is 0. The van der Waals surface area contributed by atoms with Crippen molar-refractivity contribution in [3.05, 3.63) is 77.9 Å². The average molecular weight is 335 g/mol. The second-order valence-corrected chi connectivity index (χ2v) is 5.24. The van der Waals surface area contributed by atoms with E-state index in [1.807, 2.05) is 6.07 Å². The maximum absolute atomic E-state index is 14.5. The highest BCUT2D eigenvalue weighted by Gasteiger charge is 2.11. The van der Waals surface area contributed by atoms with Crippen LogP contribution in [-0.2, 0) is 4.79 Å².